The smallest absolute Gasteiger partial charge is 0.177 e. The average molecular weight is 348 g/mol. The molecule has 25 heavy (non-hydrogen) atoms. The second-order valence-corrected chi connectivity index (χ2v) is 6.22. The van der Waals surface area contributed by atoms with E-state index in [-0.39, 0.29) is 5.75 Å². The molecule has 1 atom stereocenters. The highest BCUT2D eigenvalue weighted by molar-refractivity contribution is 5.49. The summed E-state index contributed by atoms with van der Waals surface area (Å²) in [5.74, 6) is 2.45. The van der Waals surface area contributed by atoms with Gasteiger partial charge >= 0.3 is 0 Å². The Bertz CT molecular complexity index is 672. The van der Waals surface area contributed by atoms with Gasteiger partial charge in [-0.1, -0.05) is 26.7 Å². The minimum atomic E-state index is 0.111. The van der Waals surface area contributed by atoms with Gasteiger partial charge in [-0.2, -0.15) is 4.80 Å². The van der Waals surface area contributed by atoms with Crippen molar-refractivity contribution < 1.29 is 14.6 Å². The van der Waals surface area contributed by atoms with E-state index in [1.165, 1.54) is 4.80 Å². The largest absolute Gasteiger partial charge is 0.504 e. The minimum absolute atomic E-state index is 0.111. The average Bonchev–Trinajstić information content (AvgIpc) is 3.04. The van der Waals surface area contributed by atoms with Crippen molar-refractivity contribution in [3.05, 3.63) is 23.5 Å². The van der Waals surface area contributed by atoms with Crippen LogP contribution >= 0.6 is 0 Å². The quantitative estimate of drug-likeness (QED) is 0.664. The summed E-state index contributed by atoms with van der Waals surface area (Å²) in [5.41, 5.74) is 1.04. The van der Waals surface area contributed by atoms with Crippen molar-refractivity contribution in [2.45, 2.75) is 51.9 Å². The predicted molar refractivity (Wildman–Crippen MR) is 95.2 cm³/mol. The van der Waals surface area contributed by atoms with E-state index in [2.05, 4.69) is 29.3 Å². The number of aromatic nitrogens is 4. The zero-order chi connectivity index (χ0) is 18.2. The van der Waals surface area contributed by atoms with Gasteiger partial charge in [0.15, 0.2) is 17.3 Å². The number of hydrogen-bond acceptors (Lipinski definition) is 6. The molecule has 0 saturated carbocycles. The van der Waals surface area contributed by atoms with Gasteiger partial charge < -0.3 is 14.6 Å². The summed E-state index contributed by atoms with van der Waals surface area (Å²) in [7, 11) is 3.33. The third kappa shape index (κ3) is 5.34. The third-order valence-electron chi connectivity index (χ3n) is 4.25. The fraction of sp³-hybridized carbons (Fsp3) is 0.611. The van der Waals surface area contributed by atoms with Crippen molar-refractivity contribution in [1.29, 1.82) is 0 Å². The molecule has 1 N–H and O–H groups in total. The fourth-order valence-corrected chi connectivity index (χ4v) is 2.70. The number of phenols is 1. The van der Waals surface area contributed by atoms with E-state index < -0.39 is 0 Å². The van der Waals surface area contributed by atoms with E-state index in [1.54, 1.807) is 20.2 Å². The number of methoxy groups -OCH3 is 1. The molecular formula is C18H28N4O3. The van der Waals surface area contributed by atoms with E-state index in [0.717, 1.165) is 49.2 Å². The maximum Gasteiger partial charge on any atom is 0.177 e. The SMILES string of the molecule is CCc1cc(OC)c(O)cc1OCCCCCC(C)c1nnn(C)n1. The lowest BCUT2D eigenvalue weighted by Crippen LogP contribution is -2.02. The Morgan fingerprint density at radius 3 is 2.64 bits per heavy atom. The summed E-state index contributed by atoms with van der Waals surface area (Å²) < 4.78 is 11.0. The number of unbranched alkanes of at least 4 members (excludes halogenated alkanes) is 2. The molecule has 0 spiro atoms. The van der Waals surface area contributed by atoms with E-state index in [4.69, 9.17) is 9.47 Å². The van der Waals surface area contributed by atoms with Crippen molar-refractivity contribution >= 4 is 0 Å². The Kier molecular flexibility index (Phi) is 7.03. The van der Waals surface area contributed by atoms with Gasteiger partial charge in [0, 0.05) is 12.0 Å². The number of phenolic OH excluding ortho intramolecular Hbond substituents is 1. The summed E-state index contributed by atoms with van der Waals surface area (Å²) >= 11 is 0. The number of aromatic hydroxyl groups is 1. The monoisotopic (exact) mass is 348 g/mol. The molecule has 1 unspecified atom stereocenters. The molecule has 0 bridgehead atoms. The summed E-state index contributed by atoms with van der Waals surface area (Å²) in [4.78, 5) is 1.50. The van der Waals surface area contributed by atoms with Crippen molar-refractivity contribution in [2.75, 3.05) is 13.7 Å². The third-order valence-corrected chi connectivity index (χ3v) is 4.25. The highest BCUT2D eigenvalue weighted by Crippen LogP contribution is 2.34. The lowest BCUT2D eigenvalue weighted by Gasteiger charge is -2.13. The van der Waals surface area contributed by atoms with Gasteiger partial charge in [0.1, 0.15) is 5.75 Å². The first-order valence-corrected chi connectivity index (χ1v) is 8.81. The Hall–Kier alpha value is -2.31. The molecule has 7 heteroatoms. The van der Waals surface area contributed by atoms with Crippen molar-refractivity contribution in [1.82, 2.24) is 20.2 Å². The first-order valence-electron chi connectivity index (χ1n) is 8.81. The highest BCUT2D eigenvalue weighted by atomic mass is 16.5. The predicted octanol–water partition coefficient (Wildman–Crippen LogP) is 3.23. The van der Waals surface area contributed by atoms with Gasteiger partial charge in [-0.3, -0.25) is 0 Å². The van der Waals surface area contributed by atoms with Crippen LogP contribution in [0.25, 0.3) is 0 Å². The summed E-state index contributed by atoms with van der Waals surface area (Å²) in [6, 6.07) is 3.47. The molecule has 0 aliphatic rings. The normalized spacial score (nSPS) is 12.2. The van der Waals surface area contributed by atoms with Gasteiger partial charge in [-0.25, -0.2) is 0 Å². The topological polar surface area (TPSA) is 82.3 Å². The number of aryl methyl sites for hydroxylation is 2. The molecule has 2 rings (SSSR count). The lowest BCUT2D eigenvalue weighted by molar-refractivity contribution is 0.297. The number of hydrogen-bond donors (Lipinski definition) is 1. The van der Waals surface area contributed by atoms with Crippen LogP contribution < -0.4 is 9.47 Å². The zero-order valence-electron chi connectivity index (χ0n) is 15.5. The number of ether oxygens (including phenoxy) is 2. The molecule has 0 amide bonds. The molecule has 1 aromatic heterocycles. The molecule has 1 heterocycles. The molecule has 0 aliphatic heterocycles. The number of tetrazole rings is 1. The van der Waals surface area contributed by atoms with Gasteiger partial charge in [0.2, 0.25) is 0 Å². The molecule has 2 aromatic rings. The molecule has 0 saturated heterocycles. The summed E-state index contributed by atoms with van der Waals surface area (Å²) in [6.45, 7) is 4.82. The Morgan fingerprint density at radius 2 is 2.00 bits per heavy atom. The standard InChI is InChI=1S/C18H28N4O3/c1-5-14-11-17(24-4)15(23)12-16(14)25-10-8-6-7-9-13(2)18-19-21-22(3)20-18/h11-13,23H,5-10H2,1-4H3. The van der Waals surface area contributed by atoms with Gasteiger partial charge in [-0.15, -0.1) is 10.2 Å². The maximum atomic E-state index is 9.90. The first kappa shape index (κ1) is 19.0. The summed E-state index contributed by atoms with van der Waals surface area (Å²) in [6.07, 6.45) is 5.01. The lowest BCUT2D eigenvalue weighted by atomic mass is 10.0. The molecule has 138 valence electrons. The van der Waals surface area contributed by atoms with Crippen LogP contribution in [0.3, 0.4) is 0 Å². The maximum absolute atomic E-state index is 9.90. The Labute approximate surface area is 149 Å². The molecule has 1 aromatic carbocycles. The molecule has 0 radical (unpaired) electrons. The highest BCUT2D eigenvalue weighted by Gasteiger charge is 2.12. The summed E-state index contributed by atoms with van der Waals surface area (Å²) in [5, 5.41) is 22.1. The number of nitrogens with zero attached hydrogens (tertiary/aromatic N) is 4. The number of rotatable bonds is 10. The molecule has 7 nitrogen and oxygen atoms in total. The van der Waals surface area contributed by atoms with Crippen LogP contribution in [-0.2, 0) is 13.5 Å². The van der Waals surface area contributed by atoms with Crippen LogP contribution in [0.15, 0.2) is 12.1 Å². The first-order chi connectivity index (χ1) is 12.0. The van der Waals surface area contributed by atoms with E-state index in [1.807, 2.05) is 6.07 Å². The zero-order valence-corrected chi connectivity index (χ0v) is 15.5. The number of benzene rings is 1. The van der Waals surface area contributed by atoms with Crippen molar-refractivity contribution in [3.63, 3.8) is 0 Å². The Morgan fingerprint density at radius 1 is 1.20 bits per heavy atom. The van der Waals surface area contributed by atoms with Crippen LogP contribution in [0.2, 0.25) is 0 Å². The second-order valence-electron chi connectivity index (χ2n) is 6.22. The van der Waals surface area contributed by atoms with Gasteiger partial charge in [0.25, 0.3) is 0 Å². The van der Waals surface area contributed by atoms with Gasteiger partial charge in [-0.05, 0) is 36.1 Å². The van der Waals surface area contributed by atoms with E-state index in [0.29, 0.717) is 18.3 Å². The van der Waals surface area contributed by atoms with Crippen LogP contribution in [0.1, 0.15) is 56.8 Å². The van der Waals surface area contributed by atoms with Crippen molar-refractivity contribution in [2.24, 2.45) is 7.05 Å². The molecular weight excluding hydrogens is 320 g/mol. The van der Waals surface area contributed by atoms with Crippen LogP contribution in [0.5, 0.6) is 17.2 Å². The van der Waals surface area contributed by atoms with E-state index in [9.17, 15) is 5.11 Å². The molecule has 0 fully saturated rings. The minimum Gasteiger partial charge on any atom is -0.504 e. The van der Waals surface area contributed by atoms with Crippen LogP contribution in [0, 0.1) is 0 Å². The fourth-order valence-electron chi connectivity index (χ4n) is 2.70. The van der Waals surface area contributed by atoms with Crippen LogP contribution in [-0.4, -0.2) is 39.0 Å². The second kappa shape index (κ2) is 9.25. The van der Waals surface area contributed by atoms with Gasteiger partial charge in [0.05, 0.1) is 20.8 Å². The van der Waals surface area contributed by atoms with E-state index >= 15 is 0 Å². The Balaban J connectivity index is 1.71. The van der Waals surface area contributed by atoms with Crippen LogP contribution in [0.4, 0.5) is 0 Å². The molecule has 0 aliphatic carbocycles. The van der Waals surface area contributed by atoms with Crippen molar-refractivity contribution in [3.8, 4) is 17.2 Å².